The molecule has 0 bridgehead atoms. The molecule has 0 saturated carbocycles. The fraction of sp³-hybridized carbons (Fsp3) is 0.562. The van der Waals surface area contributed by atoms with Gasteiger partial charge in [0.15, 0.2) is 0 Å². The second-order valence-corrected chi connectivity index (χ2v) is 8.29. The van der Waals surface area contributed by atoms with Crippen molar-refractivity contribution in [3.63, 3.8) is 0 Å². The Morgan fingerprint density at radius 2 is 2.04 bits per heavy atom. The van der Waals surface area contributed by atoms with Crippen LogP contribution < -0.4 is 0 Å². The number of aryl methyl sites for hydroxylation is 1. The van der Waals surface area contributed by atoms with Crippen LogP contribution in [-0.4, -0.2) is 48.6 Å². The first-order chi connectivity index (χ1) is 11.1. The number of imidazole rings is 1. The topological polar surface area (TPSA) is 64.4 Å². The van der Waals surface area contributed by atoms with Crippen molar-refractivity contribution in [1.29, 1.82) is 0 Å². The zero-order valence-corrected chi connectivity index (χ0v) is 14.1. The van der Waals surface area contributed by atoms with E-state index < -0.39 is 10.0 Å². The average Bonchev–Trinajstić information content (AvgIpc) is 3.28. The van der Waals surface area contributed by atoms with Crippen LogP contribution in [-0.2, 0) is 21.8 Å². The van der Waals surface area contributed by atoms with Gasteiger partial charge in [0.1, 0.15) is 5.82 Å². The van der Waals surface area contributed by atoms with Crippen LogP contribution >= 0.6 is 0 Å². The first-order valence-corrected chi connectivity index (χ1v) is 9.55. The third-order valence-electron chi connectivity index (χ3n) is 4.88. The molecule has 1 unspecified atom stereocenters. The molecule has 0 spiro atoms. The minimum absolute atomic E-state index is 0.297. The van der Waals surface area contributed by atoms with Gasteiger partial charge >= 0.3 is 0 Å². The van der Waals surface area contributed by atoms with E-state index in [0.717, 1.165) is 42.7 Å². The summed E-state index contributed by atoms with van der Waals surface area (Å²) in [6.07, 6.45) is 2.85. The lowest BCUT2D eigenvalue weighted by molar-refractivity contribution is 0.193. The largest absolute Gasteiger partial charge is 0.381 e. The van der Waals surface area contributed by atoms with Crippen LogP contribution in [0, 0.1) is 0 Å². The predicted molar refractivity (Wildman–Crippen MR) is 86.9 cm³/mol. The van der Waals surface area contributed by atoms with Crippen molar-refractivity contribution in [2.24, 2.45) is 7.05 Å². The highest BCUT2D eigenvalue weighted by atomic mass is 32.2. The van der Waals surface area contributed by atoms with Crippen molar-refractivity contribution >= 4 is 21.1 Å². The molecular weight excluding hydrogens is 314 g/mol. The molecule has 0 N–H and O–H groups in total. The van der Waals surface area contributed by atoms with Crippen LogP contribution in [0.3, 0.4) is 0 Å². The molecule has 124 valence electrons. The van der Waals surface area contributed by atoms with Crippen LogP contribution in [0.1, 0.15) is 31.0 Å². The van der Waals surface area contributed by atoms with E-state index in [9.17, 15) is 8.42 Å². The van der Waals surface area contributed by atoms with E-state index in [0.29, 0.717) is 30.5 Å². The molecule has 2 aromatic rings. The summed E-state index contributed by atoms with van der Waals surface area (Å²) in [6.45, 7) is 2.69. The van der Waals surface area contributed by atoms with Crippen molar-refractivity contribution in [3.05, 3.63) is 24.0 Å². The van der Waals surface area contributed by atoms with Crippen LogP contribution in [0.5, 0.6) is 0 Å². The van der Waals surface area contributed by atoms with Crippen LogP contribution in [0.2, 0.25) is 0 Å². The molecule has 1 atom stereocenters. The van der Waals surface area contributed by atoms with Crippen molar-refractivity contribution in [3.8, 4) is 0 Å². The Labute approximate surface area is 136 Å². The maximum atomic E-state index is 12.7. The Morgan fingerprint density at radius 1 is 1.26 bits per heavy atom. The van der Waals surface area contributed by atoms with E-state index in [-0.39, 0.29) is 0 Å². The number of benzene rings is 1. The molecule has 4 rings (SSSR count). The molecule has 2 aliphatic rings. The predicted octanol–water partition coefficient (Wildman–Crippen LogP) is 1.86. The number of ether oxygens (including phenoxy) is 1. The van der Waals surface area contributed by atoms with E-state index in [1.165, 1.54) is 0 Å². The number of rotatable bonds is 3. The Hall–Kier alpha value is -1.44. The lowest BCUT2D eigenvalue weighted by Crippen LogP contribution is -2.27. The van der Waals surface area contributed by atoms with E-state index in [2.05, 4.69) is 4.57 Å². The summed E-state index contributed by atoms with van der Waals surface area (Å²) in [5, 5.41) is 0. The van der Waals surface area contributed by atoms with Crippen molar-refractivity contribution in [1.82, 2.24) is 13.9 Å². The van der Waals surface area contributed by atoms with Gasteiger partial charge in [-0.3, -0.25) is 0 Å². The summed E-state index contributed by atoms with van der Waals surface area (Å²) >= 11 is 0. The van der Waals surface area contributed by atoms with Crippen LogP contribution in [0.4, 0.5) is 0 Å². The minimum atomic E-state index is -3.39. The van der Waals surface area contributed by atoms with E-state index >= 15 is 0 Å². The fourth-order valence-corrected chi connectivity index (χ4v) is 5.08. The number of sulfonamides is 1. The third-order valence-corrected chi connectivity index (χ3v) is 6.78. The van der Waals surface area contributed by atoms with Gasteiger partial charge in [-0.25, -0.2) is 13.4 Å². The molecule has 2 saturated heterocycles. The number of hydrogen-bond donors (Lipinski definition) is 0. The fourth-order valence-electron chi connectivity index (χ4n) is 3.54. The van der Waals surface area contributed by atoms with E-state index in [1.54, 1.807) is 16.4 Å². The normalized spacial score (nSPS) is 23.1. The molecular formula is C16H21N3O3S. The number of hydrogen-bond acceptors (Lipinski definition) is 4. The van der Waals surface area contributed by atoms with E-state index in [1.807, 2.05) is 13.1 Å². The monoisotopic (exact) mass is 335 g/mol. The van der Waals surface area contributed by atoms with Gasteiger partial charge in [-0.1, -0.05) is 0 Å². The summed E-state index contributed by atoms with van der Waals surface area (Å²) < 4.78 is 34.5. The minimum Gasteiger partial charge on any atom is -0.381 e. The zero-order valence-electron chi connectivity index (χ0n) is 13.2. The van der Waals surface area contributed by atoms with Gasteiger partial charge in [-0.2, -0.15) is 4.31 Å². The molecule has 1 aromatic heterocycles. The average molecular weight is 335 g/mol. The number of aromatic nitrogens is 2. The van der Waals surface area contributed by atoms with Gasteiger partial charge in [-0.05, 0) is 37.5 Å². The Kier molecular flexibility index (Phi) is 3.66. The second kappa shape index (κ2) is 5.58. The van der Waals surface area contributed by atoms with Crippen molar-refractivity contribution < 1.29 is 13.2 Å². The Morgan fingerprint density at radius 3 is 2.74 bits per heavy atom. The SMILES string of the molecule is Cn1c(C2CCOC2)nc2cc(S(=O)(=O)N3CCCC3)ccc21. The summed E-state index contributed by atoms with van der Waals surface area (Å²) in [5.74, 6) is 1.28. The van der Waals surface area contributed by atoms with E-state index in [4.69, 9.17) is 9.72 Å². The molecule has 6 nitrogen and oxygen atoms in total. The van der Waals surface area contributed by atoms with Gasteiger partial charge in [0, 0.05) is 32.7 Å². The molecule has 3 heterocycles. The first kappa shape index (κ1) is 15.1. The molecule has 0 aliphatic carbocycles. The lowest BCUT2D eigenvalue weighted by Gasteiger charge is -2.15. The van der Waals surface area contributed by atoms with Crippen LogP contribution in [0.15, 0.2) is 23.1 Å². The second-order valence-electron chi connectivity index (χ2n) is 6.35. The molecule has 0 amide bonds. The van der Waals surface area contributed by atoms with Gasteiger partial charge in [-0.15, -0.1) is 0 Å². The Balaban J connectivity index is 1.76. The molecule has 1 aromatic carbocycles. The van der Waals surface area contributed by atoms with Crippen molar-refractivity contribution in [2.45, 2.75) is 30.1 Å². The highest BCUT2D eigenvalue weighted by Gasteiger charge is 2.28. The summed E-state index contributed by atoms with van der Waals surface area (Å²) in [5.41, 5.74) is 1.71. The van der Waals surface area contributed by atoms with Gasteiger partial charge in [0.25, 0.3) is 0 Å². The summed E-state index contributed by atoms with van der Waals surface area (Å²) in [6, 6.07) is 5.28. The number of fused-ring (bicyclic) bond motifs is 1. The Bertz CT molecular complexity index is 832. The third kappa shape index (κ3) is 2.47. The molecule has 2 fully saturated rings. The zero-order chi connectivity index (χ0) is 16.0. The molecule has 0 radical (unpaired) electrons. The van der Waals surface area contributed by atoms with Gasteiger partial charge in [0.05, 0.1) is 22.5 Å². The van der Waals surface area contributed by atoms with Gasteiger partial charge < -0.3 is 9.30 Å². The maximum absolute atomic E-state index is 12.7. The number of nitrogens with zero attached hydrogens (tertiary/aromatic N) is 3. The molecule has 23 heavy (non-hydrogen) atoms. The van der Waals surface area contributed by atoms with Crippen LogP contribution in [0.25, 0.3) is 11.0 Å². The summed E-state index contributed by atoms with van der Waals surface area (Å²) in [7, 11) is -1.41. The smallest absolute Gasteiger partial charge is 0.243 e. The highest BCUT2D eigenvalue weighted by molar-refractivity contribution is 7.89. The molecule has 7 heteroatoms. The quantitative estimate of drug-likeness (QED) is 0.859. The lowest BCUT2D eigenvalue weighted by atomic mass is 10.1. The summed E-state index contributed by atoms with van der Waals surface area (Å²) in [4.78, 5) is 5.04. The standard InChI is InChI=1S/C16H21N3O3S/c1-18-15-5-4-13(23(20,21)19-7-2-3-8-19)10-14(15)17-16(18)12-6-9-22-11-12/h4-5,10,12H,2-3,6-9,11H2,1H3. The van der Waals surface area contributed by atoms with Gasteiger partial charge in [0.2, 0.25) is 10.0 Å². The first-order valence-electron chi connectivity index (χ1n) is 8.11. The highest BCUT2D eigenvalue weighted by Crippen LogP contribution is 2.29. The molecule has 2 aliphatic heterocycles. The van der Waals surface area contributed by atoms with Crippen molar-refractivity contribution in [2.75, 3.05) is 26.3 Å². The maximum Gasteiger partial charge on any atom is 0.243 e.